The van der Waals surface area contributed by atoms with Crippen molar-refractivity contribution in [2.24, 2.45) is 0 Å². The molecule has 19 heavy (non-hydrogen) atoms. The molecule has 91 valence electrons. The van der Waals surface area contributed by atoms with Crippen molar-refractivity contribution in [2.75, 3.05) is 0 Å². The molecule has 0 bridgehead atoms. The molecule has 0 N–H and O–H groups in total. The van der Waals surface area contributed by atoms with Gasteiger partial charge in [0, 0.05) is 0 Å². The summed E-state index contributed by atoms with van der Waals surface area (Å²) in [6.45, 7) is 0. The van der Waals surface area contributed by atoms with E-state index < -0.39 is 0 Å². The Labute approximate surface area is 128 Å². The molecule has 0 aliphatic heterocycles. The summed E-state index contributed by atoms with van der Waals surface area (Å²) in [7, 11) is 5.85. The molecule has 1 aliphatic carbocycles. The van der Waals surface area contributed by atoms with Crippen molar-refractivity contribution in [1.29, 1.82) is 0 Å². The van der Waals surface area contributed by atoms with Gasteiger partial charge >= 0.3 is 129 Å². The van der Waals surface area contributed by atoms with Gasteiger partial charge in [0.1, 0.15) is 0 Å². The van der Waals surface area contributed by atoms with E-state index in [0.717, 1.165) is 21.8 Å². The Bertz CT molecular complexity index is 797. The predicted octanol–water partition coefficient (Wildman–Crippen LogP) is 4.19. The van der Waals surface area contributed by atoms with Gasteiger partial charge in [0.15, 0.2) is 0 Å². The van der Waals surface area contributed by atoms with Crippen LogP contribution in [-0.4, -0.2) is 18.1 Å². The van der Waals surface area contributed by atoms with E-state index in [4.69, 9.17) is 7.49 Å². The zero-order chi connectivity index (χ0) is 13.1. The Balaban J connectivity index is 2.39. The number of aromatic nitrogens is 1. The second-order valence-corrected chi connectivity index (χ2v) is 6.77. The van der Waals surface area contributed by atoms with E-state index in [1.807, 2.05) is 0 Å². The number of halogens is 2. The maximum absolute atomic E-state index is 5.85. The van der Waals surface area contributed by atoms with Crippen LogP contribution in [0.5, 0.6) is 0 Å². The van der Waals surface area contributed by atoms with E-state index in [1.54, 1.807) is 6.09 Å². The van der Waals surface area contributed by atoms with Crippen LogP contribution in [0.15, 0.2) is 33.2 Å². The fourth-order valence-corrected chi connectivity index (χ4v) is 4.19. The summed E-state index contributed by atoms with van der Waals surface area (Å²) in [4.78, 5) is 0. The summed E-state index contributed by atoms with van der Waals surface area (Å²) in [5.74, 6) is 0. The summed E-state index contributed by atoms with van der Waals surface area (Å²) < 4.78 is 4.31. The van der Waals surface area contributed by atoms with Gasteiger partial charge in [0.05, 0.1) is 0 Å². The van der Waals surface area contributed by atoms with Crippen LogP contribution in [0.1, 0.15) is 11.1 Å². The normalized spacial score (nSPS) is 13.5. The second kappa shape index (κ2) is 4.06. The third kappa shape index (κ3) is 1.56. The number of aryl methyl sites for hydroxylation is 2. The van der Waals surface area contributed by atoms with Crippen molar-refractivity contribution >= 4 is 67.2 Å². The molecule has 0 atom stereocenters. The number of benzene rings is 2. The standard InChI is InChI=1S/C15H9BBr2N/c16-7-19-12-5-10(17)3-8-1-2-9-4-11(18)6-13(19)15(9)14(8)12/h3-7H,1-2H2. The van der Waals surface area contributed by atoms with Crippen LogP contribution in [-0.2, 0) is 12.8 Å². The molecule has 4 heteroatoms. The third-order valence-corrected chi connectivity index (χ3v) is 4.83. The van der Waals surface area contributed by atoms with Crippen LogP contribution in [0.3, 0.4) is 0 Å². The van der Waals surface area contributed by atoms with Crippen molar-refractivity contribution in [3.63, 3.8) is 0 Å². The molecule has 1 heterocycles. The van der Waals surface area contributed by atoms with Crippen molar-refractivity contribution in [3.05, 3.63) is 44.3 Å². The molecule has 3 aromatic rings. The zero-order valence-electron chi connectivity index (χ0n) is 10.1. The van der Waals surface area contributed by atoms with Gasteiger partial charge < -0.3 is 0 Å². The monoisotopic (exact) mass is 372 g/mol. The van der Waals surface area contributed by atoms with Crippen LogP contribution in [0.25, 0.3) is 21.8 Å². The molecule has 0 spiro atoms. The molecular formula is C15H9BBr2N. The van der Waals surface area contributed by atoms with E-state index in [9.17, 15) is 0 Å². The Kier molecular flexibility index (Phi) is 2.55. The van der Waals surface area contributed by atoms with Crippen molar-refractivity contribution in [3.8, 4) is 0 Å². The zero-order valence-corrected chi connectivity index (χ0v) is 13.3. The van der Waals surface area contributed by atoms with E-state index in [0.29, 0.717) is 0 Å². The summed E-state index contributed by atoms with van der Waals surface area (Å²) >= 11 is 7.21. The Hall–Kier alpha value is -0.865. The summed E-state index contributed by atoms with van der Waals surface area (Å²) in [6, 6.07) is 8.75. The topological polar surface area (TPSA) is 4.93 Å². The van der Waals surface area contributed by atoms with Gasteiger partial charge in [0.2, 0.25) is 0 Å². The summed E-state index contributed by atoms with van der Waals surface area (Å²) in [5.41, 5.74) is 5.18. The Morgan fingerprint density at radius 2 is 1.37 bits per heavy atom. The number of hydrogen-bond acceptors (Lipinski definition) is 0. The molecular weight excluding hydrogens is 365 g/mol. The molecule has 1 nitrogen and oxygen atoms in total. The quantitative estimate of drug-likeness (QED) is 0.563. The second-order valence-electron chi connectivity index (χ2n) is 4.94. The number of nitrogens with zero attached hydrogens (tertiary/aromatic N) is 1. The van der Waals surface area contributed by atoms with Crippen LogP contribution >= 0.6 is 31.9 Å². The summed E-state index contributed by atoms with van der Waals surface area (Å²) in [5, 5.41) is 2.71. The van der Waals surface area contributed by atoms with E-state index in [2.05, 4.69) is 60.7 Å². The van der Waals surface area contributed by atoms with Crippen molar-refractivity contribution in [2.45, 2.75) is 12.8 Å². The molecule has 0 saturated heterocycles. The molecule has 0 amide bonds. The first kappa shape index (κ1) is 11.9. The molecule has 1 aliphatic rings. The average molecular weight is 374 g/mol. The third-order valence-electron chi connectivity index (χ3n) is 3.91. The minimum absolute atomic E-state index is 1.09. The van der Waals surface area contributed by atoms with Gasteiger partial charge in [-0.1, -0.05) is 0 Å². The van der Waals surface area contributed by atoms with E-state index >= 15 is 0 Å². The molecule has 1 radical (unpaired) electrons. The maximum atomic E-state index is 5.85. The Morgan fingerprint density at radius 3 is 1.79 bits per heavy atom. The first-order chi connectivity index (χ1) is 9.19. The van der Waals surface area contributed by atoms with Gasteiger partial charge in [-0.3, -0.25) is 0 Å². The molecule has 0 fully saturated rings. The van der Waals surface area contributed by atoms with Crippen LogP contribution in [0.4, 0.5) is 0 Å². The van der Waals surface area contributed by atoms with Crippen LogP contribution in [0, 0.1) is 0 Å². The van der Waals surface area contributed by atoms with Gasteiger partial charge in [0.25, 0.3) is 0 Å². The molecule has 0 saturated carbocycles. The molecule has 4 rings (SSSR count). The van der Waals surface area contributed by atoms with Gasteiger partial charge in [-0.05, 0) is 0 Å². The minimum atomic E-state index is 1.09. The van der Waals surface area contributed by atoms with Crippen LogP contribution < -0.4 is 0 Å². The molecule has 2 aromatic carbocycles. The van der Waals surface area contributed by atoms with Crippen molar-refractivity contribution in [1.82, 2.24) is 4.57 Å². The fourth-order valence-electron chi connectivity index (χ4n) is 3.21. The average Bonchev–Trinajstić information content (AvgIpc) is 2.68. The van der Waals surface area contributed by atoms with Gasteiger partial charge in [-0.2, -0.15) is 0 Å². The Morgan fingerprint density at radius 1 is 0.895 bits per heavy atom. The number of hydrogen-bond donors (Lipinski definition) is 0. The number of rotatable bonds is 1. The van der Waals surface area contributed by atoms with E-state index in [-0.39, 0.29) is 0 Å². The summed E-state index contributed by atoms with van der Waals surface area (Å²) in [6.07, 6.45) is 3.83. The van der Waals surface area contributed by atoms with Crippen molar-refractivity contribution < 1.29 is 0 Å². The first-order valence-corrected chi connectivity index (χ1v) is 7.77. The molecule has 0 unspecified atom stereocenters. The van der Waals surface area contributed by atoms with Gasteiger partial charge in [-0.15, -0.1) is 0 Å². The fraction of sp³-hybridized carbons (Fsp3) is 0.133. The SMILES string of the molecule is [B]=Cn1c2cc(Br)cc3c2c2c(cc(Br)cc21)CC3. The predicted molar refractivity (Wildman–Crippen MR) is 89.5 cm³/mol. The van der Waals surface area contributed by atoms with Gasteiger partial charge in [-0.25, -0.2) is 0 Å². The van der Waals surface area contributed by atoms with E-state index in [1.165, 1.54) is 32.9 Å². The molecule has 1 aromatic heterocycles. The van der Waals surface area contributed by atoms with Crippen LogP contribution in [0.2, 0.25) is 0 Å². The first-order valence-electron chi connectivity index (χ1n) is 6.18.